The number of aromatic amines is 1. The van der Waals surface area contributed by atoms with Crippen molar-refractivity contribution in [1.29, 1.82) is 0 Å². The van der Waals surface area contributed by atoms with Crippen molar-refractivity contribution in [2.24, 2.45) is 0 Å². The van der Waals surface area contributed by atoms with E-state index in [1.807, 2.05) is 38.1 Å². The van der Waals surface area contributed by atoms with Gasteiger partial charge in [0, 0.05) is 54.5 Å². The molecule has 1 aliphatic heterocycles. The van der Waals surface area contributed by atoms with Crippen LogP contribution in [0, 0.1) is 13.8 Å². The second-order valence-electron chi connectivity index (χ2n) is 9.54. The van der Waals surface area contributed by atoms with Crippen LogP contribution in [0.3, 0.4) is 0 Å². The molecule has 4 heterocycles. The van der Waals surface area contributed by atoms with Crippen LogP contribution < -0.4 is 10.0 Å². The number of benzene rings is 1. The van der Waals surface area contributed by atoms with E-state index in [0.717, 1.165) is 43.9 Å². The molecule has 1 saturated heterocycles. The Balaban J connectivity index is 1.47. The predicted molar refractivity (Wildman–Crippen MR) is 156 cm³/mol. The minimum absolute atomic E-state index is 0.0356. The Morgan fingerprint density at radius 1 is 1.23 bits per heavy atom. The Bertz CT molecular complexity index is 1720. The highest BCUT2D eigenvalue weighted by atomic mass is 79.9. The fraction of sp³-hybridized carbons (Fsp3) is 0.360. The van der Waals surface area contributed by atoms with Gasteiger partial charge in [-0.1, -0.05) is 12.1 Å². The van der Waals surface area contributed by atoms with Gasteiger partial charge in [0.05, 0.1) is 15.9 Å². The normalized spacial score (nSPS) is 16.5. The van der Waals surface area contributed by atoms with Crippen LogP contribution in [0.5, 0.6) is 0 Å². The standard InChI is InChI=1S/C25H30BrN7O4S2/c1-4-39(36,37)32-9-8-18(14-32)29-22-21(26)13-27-25-23(22)30-24(31-25)20-10-15(2)33(16(20)3)19-7-5-6-17(11-19)12-28-38(34)35/h5-7,10-11,13,18,38H,4,8-9,12,14H2,1-3H3,(H,28,34,35)(H2,27,29,30,31)/t18-/m0/s1. The molecule has 0 bridgehead atoms. The molecule has 11 nitrogen and oxygen atoms in total. The molecule has 14 heteroatoms. The second-order valence-corrected chi connectivity index (χ2v) is 13.5. The lowest BCUT2D eigenvalue weighted by molar-refractivity contribution is 0.476. The summed E-state index contributed by atoms with van der Waals surface area (Å²) in [5.41, 5.74) is 6.74. The third-order valence-electron chi connectivity index (χ3n) is 7.00. The highest BCUT2D eigenvalue weighted by Crippen LogP contribution is 2.34. The van der Waals surface area contributed by atoms with Crippen molar-refractivity contribution >= 4 is 53.7 Å². The lowest BCUT2D eigenvalue weighted by Crippen LogP contribution is -2.32. The highest BCUT2D eigenvalue weighted by Gasteiger charge is 2.31. The lowest BCUT2D eigenvalue weighted by atomic mass is 10.2. The van der Waals surface area contributed by atoms with E-state index in [2.05, 4.69) is 46.6 Å². The van der Waals surface area contributed by atoms with Gasteiger partial charge in [-0.3, -0.25) is 0 Å². The summed E-state index contributed by atoms with van der Waals surface area (Å²) in [7, 11) is -5.90. The molecule has 5 rings (SSSR count). The molecule has 0 unspecified atom stereocenters. The smallest absolute Gasteiger partial charge is 0.213 e. The predicted octanol–water partition coefficient (Wildman–Crippen LogP) is 3.25. The summed E-state index contributed by atoms with van der Waals surface area (Å²) in [5.74, 6) is 0.759. The topological polar surface area (TPSA) is 142 Å². The summed E-state index contributed by atoms with van der Waals surface area (Å²) in [4.78, 5) is 12.7. The van der Waals surface area contributed by atoms with Crippen LogP contribution >= 0.6 is 15.9 Å². The van der Waals surface area contributed by atoms with Crippen molar-refractivity contribution in [3.05, 3.63) is 58.0 Å². The largest absolute Gasteiger partial charge is 0.378 e. The summed E-state index contributed by atoms with van der Waals surface area (Å²) in [6.07, 6.45) is 2.40. The zero-order valence-corrected chi connectivity index (χ0v) is 25.0. The van der Waals surface area contributed by atoms with Gasteiger partial charge in [0.1, 0.15) is 11.3 Å². The minimum Gasteiger partial charge on any atom is -0.378 e. The molecule has 0 saturated carbocycles. The summed E-state index contributed by atoms with van der Waals surface area (Å²) in [6, 6.07) is 9.74. The van der Waals surface area contributed by atoms with Crippen LogP contribution in [0.4, 0.5) is 5.69 Å². The number of nitrogens with one attached hydrogen (secondary N) is 3. The van der Waals surface area contributed by atoms with Gasteiger partial charge in [-0.05, 0) is 66.9 Å². The van der Waals surface area contributed by atoms with E-state index in [1.54, 1.807) is 13.1 Å². The molecule has 0 radical (unpaired) electrons. The van der Waals surface area contributed by atoms with Gasteiger partial charge < -0.3 is 14.9 Å². The first-order chi connectivity index (χ1) is 18.6. The van der Waals surface area contributed by atoms with Gasteiger partial charge in [-0.15, -0.1) is 0 Å². The molecule has 4 aromatic rings. The first-order valence-corrected chi connectivity index (χ1v) is 16.1. The Morgan fingerprint density at radius 2 is 2.03 bits per heavy atom. The van der Waals surface area contributed by atoms with E-state index in [9.17, 15) is 16.8 Å². The highest BCUT2D eigenvalue weighted by molar-refractivity contribution is 9.10. The fourth-order valence-electron chi connectivity index (χ4n) is 5.05. The molecule has 3 aromatic heterocycles. The van der Waals surface area contributed by atoms with E-state index in [-0.39, 0.29) is 18.3 Å². The van der Waals surface area contributed by atoms with E-state index < -0.39 is 20.9 Å². The van der Waals surface area contributed by atoms with E-state index in [1.165, 1.54) is 4.31 Å². The van der Waals surface area contributed by atoms with Crippen molar-refractivity contribution in [1.82, 2.24) is 28.5 Å². The third kappa shape index (κ3) is 5.61. The number of halogens is 1. The number of pyridine rings is 1. The number of sulfonamides is 1. The average Bonchev–Trinajstić information content (AvgIpc) is 3.62. The summed E-state index contributed by atoms with van der Waals surface area (Å²) in [6.45, 7) is 6.81. The Hall–Kier alpha value is -2.78. The monoisotopic (exact) mass is 635 g/mol. The number of hydrogen-bond donors (Lipinski definition) is 4. The van der Waals surface area contributed by atoms with Gasteiger partial charge >= 0.3 is 0 Å². The third-order valence-corrected chi connectivity index (χ3v) is 9.86. The minimum atomic E-state index is -3.23. The number of hydrogen-bond acceptors (Lipinski definition) is 7. The molecule has 1 atom stereocenters. The number of H-pyrrole nitrogens is 1. The number of aromatic nitrogens is 4. The molecule has 0 amide bonds. The first-order valence-electron chi connectivity index (χ1n) is 12.5. The van der Waals surface area contributed by atoms with Gasteiger partial charge in [0.2, 0.25) is 20.9 Å². The van der Waals surface area contributed by atoms with Gasteiger partial charge in [-0.2, -0.15) is 4.31 Å². The zero-order valence-electron chi connectivity index (χ0n) is 21.7. The van der Waals surface area contributed by atoms with E-state index in [0.29, 0.717) is 31.0 Å². The number of aryl methyl sites for hydroxylation is 1. The number of anilines is 1. The molecule has 0 spiro atoms. The number of fused-ring (bicyclic) bond motifs is 1. The maximum Gasteiger partial charge on any atom is 0.213 e. The quantitative estimate of drug-likeness (QED) is 0.207. The van der Waals surface area contributed by atoms with Crippen LogP contribution in [0.1, 0.15) is 30.3 Å². The van der Waals surface area contributed by atoms with Crippen molar-refractivity contribution in [2.45, 2.75) is 39.8 Å². The molecule has 0 aliphatic carbocycles. The van der Waals surface area contributed by atoms with Crippen molar-refractivity contribution in [3.63, 3.8) is 0 Å². The molecule has 1 aliphatic rings. The molecular weight excluding hydrogens is 606 g/mol. The Kier molecular flexibility index (Phi) is 7.84. The number of nitrogens with zero attached hydrogens (tertiary/aromatic N) is 4. The van der Waals surface area contributed by atoms with Crippen molar-refractivity contribution < 1.29 is 16.8 Å². The van der Waals surface area contributed by atoms with Crippen LogP contribution in [0.25, 0.3) is 28.2 Å². The van der Waals surface area contributed by atoms with Crippen LogP contribution in [-0.4, -0.2) is 65.5 Å². The molecule has 39 heavy (non-hydrogen) atoms. The van der Waals surface area contributed by atoms with E-state index in [4.69, 9.17) is 4.98 Å². The van der Waals surface area contributed by atoms with Crippen LogP contribution in [0.2, 0.25) is 0 Å². The molecule has 208 valence electrons. The molecule has 3 N–H and O–H groups in total. The average molecular weight is 637 g/mol. The van der Waals surface area contributed by atoms with E-state index >= 15 is 0 Å². The molecule has 1 aromatic carbocycles. The number of thiol groups is 1. The lowest BCUT2D eigenvalue weighted by Gasteiger charge is -2.17. The Labute approximate surface area is 237 Å². The van der Waals surface area contributed by atoms with Gasteiger partial charge in [0.15, 0.2) is 5.65 Å². The van der Waals surface area contributed by atoms with Crippen LogP contribution in [-0.2, 0) is 27.5 Å². The Morgan fingerprint density at radius 3 is 2.77 bits per heavy atom. The zero-order chi connectivity index (χ0) is 27.9. The van der Waals surface area contributed by atoms with Crippen molar-refractivity contribution in [2.75, 3.05) is 24.2 Å². The van der Waals surface area contributed by atoms with Gasteiger partial charge in [0.25, 0.3) is 0 Å². The number of rotatable bonds is 9. The molecule has 1 fully saturated rings. The van der Waals surface area contributed by atoms with Crippen molar-refractivity contribution in [3.8, 4) is 17.1 Å². The molecular formula is C25H30BrN7O4S2. The maximum absolute atomic E-state index is 12.3. The number of imidazole rings is 1. The fourth-order valence-corrected chi connectivity index (χ4v) is 6.93. The SMILES string of the molecule is CCS(=O)(=O)N1CC[C@H](Nc2c(Br)cnc3nc(-c4cc(C)n(-c5cccc(CN[SH](=O)=O)c5)c4C)[nH]c23)C1. The summed E-state index contributed by atoms with van der Waals surface area (Å²) in [5, 5.41) is 3.51. The first kappa shape index (κ1) is 27.8. The second kappa shape index (κ2) is 11.0. The summed E-state index contributed by atoms with van der Waals surface area (Å²) >= 11 is 3.60. The summed E-state index contributed by atoms with van der Waals surface area (Å²) < 4.78 is 53.4. The van der Waals surface area contributed by atoms with Crippen LogP contribution in [0.15, 0.2) is 41.0 Å². The van der Waals surface area contributed by atoms with Gasteiger partial charge in [-0.25, -0.2) is 31.5 Å². The maximum atomic E-state index is 12.3.